The second-order valence-corrected chi connectivity index (χ2v) is 7.18. The van der Waals surface area contributed by atoms with Crippen molar-refractivity contribution in [1.82, 2.24) is 0 Å². The Hall–Kier alpha value is -1.41. The lowest BCUT2D eigenvalue weighted by Gasteiger charge is -2.26. The number of ether oxygens (including phenoxy) is 1. The fourth-order valence-corrected chi connectivity index (χ4v) is 3.27. The number of rotatable bonds is 13. The molecule has 0 aromatic heterocycles. The van der Waals surface area contributed by atoms with E-state index >= 15 is 0 Å². The first kappa shape index (κ1) is 21.6. The van der Waals surface area contributed by atoms with Crippen LogP contribution in [-0.4, -0.2) is 41.4 Å². The highest BCUT2D eigenvalue weighted by atomic mass is 32.2. The van der Waals surface area contributed by atoms with E-state index in [0.717, 1.165) is 25.7 Å². The maximum atomic E-state index is 12.1. The van der Waals surface area contributed by atoms with Gasteiger partial charge in [0.2, 0.25) is 4.75 Å². The van der Waals surface area contributed by atoms with Gasteiger partial charge in [-0.2, -0.15) is 8.42 Å². The molecular weight excluding hydrogens is 324 g/mol. The number of aliphatic carboxylic acids is 1. The van der Waals surface area contributed by atoms with Gasteiger partial charge in [0.25, 0.3) is 10.1 Å². The molecule has 23 heavy (non-hydrogen) atoms. The molecule has 0 aromatic carbocycles. The molecule has 0 aliphatic rings. The quantitative estimate of drug-likeness (QED) is 0.227. The molecule has 0 spiro atoms. The van der Waals surface area contributed by atoms with Crippen molar-refractivity contribution in [2.24, 2.45) is 0 Å². The van der Waals surface area contributed by atoms with Gasteiger partial charge in [0, 0.05) is 0 Å². The number of hydrogen-bond donors (Lipinski definition) is 2. The SMILES string of the molecule is C=CCOC(=O)C(CCCCCCCC)(CC(=O)O)S(=O)(=O)O. The summed E-state index contributed by atoms with van der Waals surface area (Å²) >= 11 is 0. The minimum absolute atomic E-state index is 0.258. The molecule has 0 rings (SSSR count). The summed E-state index contributed by atoms with van der Waals surface area (Å²) in [5, 5.41) is 8.96. The van der Waals surface area contributed by atoms with Crippen LogP contribution >= 0.6 is 0 Å². The molecule has 2 N–H and O–H groups in total. The highest BCUT2D eigenvalue weighted by Gasteiger charge is 2.52. The second kappa shape index (κ2) is 10.4. The van der Waals surface area contributed by atoms with Gasteiger partial charge < -0.3 is 9.84 Å². The minimum Gasteiger partial charge on any atom is -0.481 e. The molecule has 8 heteroatoms. The molecule has 0 aliphatic carbocycles. The zero-order valence-electron chi connectivity index (χ0n) is 13.5. The maximum absolute atomic E-state index is 12.1. The maximum Gasteiger partial charge on any atom is 0.330 e. The van der Waals surface area contributed by atoms with Gasteiger partial charge in [-0.15, -0.1) is 0 Å². The van der Waals surface area contributed by atoms with E-state index in [0.29, 0.717) is 12.8 Å². The Morgan fingerprint density at radius 1 is 1.17 bits per heavy atom. The van der Waals surface area contributed by atoms with Crippen LogP contribution in [0.25, 0.3) is 0 Å². The predicted octanol–water partition coefficient (Wildman–Crippen LogP) is 2.57. The van der Waals surface area contributed by atoms with Crippen molar-refractivity contribution in [2.45, 2.75) is 63.0 Å². The Balaban J connectivity index is 5.12. The molecule has 134 valence electrons. The summed E-state index contributed by atoms with van der Waals surface area (Å²) in [5.41, 5.74) is 0. The lowest BCUT2D eigenvalue weighted by molar-refractivity contribution is -0.150. The number of carboxylic acids is 1. The first-order valence-electron chi connectivity index (χ1n) is 7.68. The predicted molar refractivity (Wildman–Crippen MR) is 85.7 cm³/mol. The number of carboxylic acid groups (broad SMARTS) is 1. The summed E-state index contributed by atoms with van der Waals surface area (Å²) < 4.78 is 35.2. The van der Waals surface area contributed by atoms with Gasteiger partial charge in [-0.3, -0.25) is 14.1 Å². The number of unbranched alkanes of at least 4 members (excludes halogenated alkanes) is 5. The summed E-state index contributed by atoms with van der Waals surface area (Å²) in [6, 6.07) is 0. The van der Waals surface area contributed by atoms with E-state index in [-0.39, 0.29) is 13.0 Å². The van der Waals surface area contributed by atoms with E-state index in [4.69, 9.17) is 9.84 Å². The smallest absolute Gasteiger partial charge is 0.330 e. The Labute approximate surface area is 137 Å². The van der Waals surface area contributed by atoms with E-state index in [9.17, 15) is 22.6 Å². The average molecular weight is 350 g/mol. The summed E-state index contributed by atoms with van der Waals surface area (Å²) in [7, 11) is -4.94. The van der Waals surface area contributed by atoms with Gasteiger partial charge in [-0.25, -0.2) is 0 Å². The first-order valence-corrected chi connectivity index (χ1v) is 9.12. The van der Waals surface area contributed by atoms with Gasteiger partial charge in [-0.1, -0.05) is 58.1 Å². The number of carbonyl (C=O) groups excluding carboxylic acids is 1. The molecule has 0 aliphatic heterocycles. The molecule has 0 aromatic rings. The highest BCUT2D eigenvalue weighted by molar-refractivity contribution is 7.88. The molecule has 1 atom stereocenters. The third kappa shape index (κ3) is 7.13. The van der Waals surface area contributed by atoms with E-state index in [1.165, 1.54) is 6.08 Å². The summed E-state index contributed by atoms with van der Waals surface area (Å²) in [6.45, 7) is 5.14. The molecule has 0 saturated carbocycles. The van der Waals surface area contributed by atoms with Crippen LogP contribution in [0.2, 0.25) is 0 Å². The molecular formula is C15H26O7S. The van der Waals surface area contributed by atoms with E-state index in [2.05, 4.69) is 13.5 Å². The van der Waals surface area contributed by atoms with Gasteiger partial charge in [0.1, 0.15) is 6.61 Å². The van der Waals surface area contributed by atoms with Gasteiger partial charge >= 0.3 is 11.9 Å². The van der Waals surface area contributed by atoms with Crippen molar-refractivity contribution in [3.05, 3.63) is 12.7 Å². The molecule has 0 radical (unpaired) electrons. The third-order valence-corrected chi connectivity index (χ3v) is 5.07. The zero-order chi connectivity index (χ0) is 17.9. The highest BCUT2D eigenvalue weighted by Crippen LogP contribution is 2.30. The average Bonchev–Trinajstić information content (AvgIpc) is 2.45. The number of esters is 1. The van der Waals surface area contributed by atoms with Crippen molar-refractivity contribution in [2.75, 3.05) is 6.61 Å². The van der Waals surface area contributed by atoms with E-state index < -0.39 is 33.2 Å². The van der Waals surface area contributed by atoms with Gasteiger partial charge in [0.05, 0.1) is 6.42 Å². The summed E-state index contributed by atoms with van der Waals surface area (Å²) in [6.07, 6.45) is 4.81. The van der Waals surface area contributed by atoms with Crippen molar-refractivity contribution >= 4 is 22.1 Å². The van der Waals surface area contributed by atoms with Crippen molar-refractivity contribution in [1.29, 1.82) is 0 Å². The molecule has 0 saturated heterocycles. The number of carbonyl (C=O) groups is 2. The first-order chi connectivity index (χ1) is 10.7. The standard InChI is InChI=1S/C15H26O7S/c1-3-5-6-7-8-9-10-15(12-13(16)17,23(19,20)21)14(18)22-11-4-2/h4H,2-3,5-12H2,1H3,(H,16,17)(H,19,20,21). The van der Waals surface area contributed by atoms with Crippen molar-refractivity contribution in [3.63, 3.8) is 0 Å². The fourth-order valence-electron chi connectivity index (χ4n) is 2.29. The van der Waals surface area contributed by atoms with Crippen LogP contribution in [0.5, 0.6) is 0 Å². The Morgan fingerprint density at radius 2 is 1.74 bits per heavy atom. The molecule has 0 bridgehead atoms. The van der Waals surface area contributed by atoms with Gasteiger partial charge in [-0.05, 0) is 6.42 Å². The monoisotopic (exact) mass is 350 g/mol. The van der Waals surface area contributed by atoms with Crippen LogP contribution in [0.4, 0.5) is 0 Å². The second-order valence-electron chi connectivity index (χ2n) is 5.44. The van der Waals surface area contributed by atoms with E-state index in [1.807, 2.05) is 0 Å². The topological polar surface area (TPSA) is 118 Å². The lowest BCUT2D eigenvalue weighted by Crippen LogP contribution is -2.49. The van der Waals surface area contributed by atoms with Gasteiger partial charge in [0.15, 0.2) is 0 Å². The van der Waals surface area contributed by atoms with Crippen molar-refractivity contribution < 1.29 is 32.4 Å². The lowest BCUT2D eigenvalue weighted by atomic mass is 9.96. The molecule has 0 heterocycles. The van der Waals surface area contributed by atoms with Crippen LogP contribution in [0.1, 0.15) is 58.3 Å². The molecule has 7 nitrogen and oxygen atoms in total. The molecule has 0 fully saturated rings. The van der Waals surface area contributed by atoms with Crippen LogP contribution < -0.4 is 0 Å². The van der Waals surface area contributed by atoms with Crippen LogP contribution in [0, 0.1) is 0 Å². The van der Waals surface area contributed by atoms with Crippen LogP contribution in [0.15, 0.2) is 12.7 Å². The summed E-state index contributed by atoms with van der Waals surface area (Å²) in [5.74, 6) is -2.75. The molecule has 0 amide bonds. The minimum atomic E-state index is -4.94. The largest absolute Gasteiger partial charge is 0.481 e. The summed E-state index contributed by atoms with van der Waals surface area (Å²) in [4.78, 5) is 23.1. The fraction of sp³-hybridized carbons (Fsp3) is 0.733. The molecule has 1 unspecified atom stereocenters. The Morgan fingerprint density at radius 3 is 2.22 bits per heavy atom. The van der Waals surface area contributed by atoms with Crippen LogP contribution in [-0.2, 0) is 24.4 Å². The van der Waals surface area contributed by atoms with Crippen molar-refractivity contribution in [3.8, 4) is 0 Å². The normalized spacial score (nSPS) is 14.0. The zero-order valence-corrected chi connectivity index (χ0v) is 14.3. The number of hydrogen-bond acceptors (Lipinski definition) is 5. The Bertz CT molecular complexity index is 498. The van der Waals surface area contributed by atoms with Crippen LogP contribution in [0.3, 0.4) is 0 Å². The third-order valence-electron chi connectivity index (χ3n) is 3.57. The van der Waals surface area contributed by atoms with E-state index in [1.54, 1.807) is 0 Å². The Kier molecular flexibility index (Phi) is 9.74.